The number of nitrogens with two attached hydrogens (primary N) is 1. The molecule has 1 aliphatic heterocycles. The SMILES string of the molecule is Nc1nc(N2CCCC(O)C2)cc(-c2ccc3c(c2)ncn3C2CCCCC2)c1[N+](=O)[O-]. The van der Waals surface area contributed by atoms with Crippen LogP contribution >= 0.6 is 0 Å². The number of nitrogens with zero attached hydrogens (tertiary/aromatic N) is 5. The van der Waals surface area contributed by atoms with Crippen LogP contribution in [0.5, 0.6) is 0 Å². The van der Waals surface area contributed by atoms with Gasteiger partial charge in [0, 0.05) is 19.1 Å². The van der Waals surface area contributed by atoms with Crippen molar-refractivity contribution in [2.75, 3.05) is 23.7 Å². The Bertz CT molecular complexity index is 1150. The third kappa shape index (κ3) is 3.77. The van der Waals surface area contributed by atoms with E-state index in [0.29, 0.717) is 29.5 Å². The molecule has 9 nitrogen and oxygen atoms in total. The lowest BCUT2D eigenvalue weighted by Gasteiger charge is -2.31. The normalized spacial score (nSPS) is 20.0. The Kier molecular flexibility index (Phi) is 5.42. The minimum absolute atomic E-state index is 0.115. The first-order chi connectivity index (χ1) is 15.5. The van der Waals surface area contributed by atoms with Crippen LogP contribution in [0.2, 0.25) is 0 Å². The Hall–Kier alpha value is -3.20. The van der Waals surface area contributed by atoms with E-state index in [4.69, 9.17) is 5.73 Å². The van der Waals surface area contributed by atoms with E-state index in [1.165, 1.54) is 19.3 Å². The van der Waals surface area contributed by atoms with Crippen molar-refractivity contribution in [1.82, 2.24) is 14.5 Å². The van der Waals surface area contributed by atoms with Gasteiger partial charge in [-0.25, -0.2) is 9.97 Å². The summed E-state index contributed by atoms with van der Waals surface area (Å²) in [5.74, 6) is 0.435. The molecule has 2 aliphatic rings. The number of hydrogen-bond donors (Lipinski definition) is 2. The average molecular weight is 437 g/mol. The number of nitrogen functional groups attached to an aromatic ring is 1. The van der Waals surface area contributed by atoms with Crippen molar-refractivity contribution in [1.29, 1.82) is 0 Å². The van der Waals surface area contributed by atoms with Crippen LogP contribution in [-0.4, -0.2) is 43.8 Å². The quantitative estimate of drug-likeness (QED) is 0.467. The molecule has 0 radical (unpaired) electrons. The summed E-state index contributed by atoms with van der Waals surface area (Å²) in [5.41, 5.74) is 8.83. The van der Waals surface area contributed by atoms with E-state index >= 15 is 0 Å². The number of benzene rings is 1. The van der Waals surface area contributed by atoms with Gasteiger partial charge in [-0.1, -0.05) is 25.3 Å². The number of piperidine rings is 1. The molecule has 2 aromatic heterocycles. The summed E-state index contributed by atoms with van der Waals surface area (Å²) < 4.78 is 2.24. The zero-order valence-corrected chi connectivity index (χ0v) is 18.0. The van der Waals surface area contributed by atoms with Crippen LogP contribution < -0.4 is 10.6 Å². The van der Waals surface area contributed by atoms with Gasteiger partial charge in [-0.2, -0.15) is 0 Å². The summed E-state index contributed by atoms with van der Waals surface area (Å²) in [6, 6.07) is 7.97. The Morgan fingerprint density at radius 1 is 1.12 bits per heavy atom. The first kappa shape index (κ1) is 20.7. The van der Waals surface area contributed by atoms with Gasteiger partial charge in [0.05, 0.1) is 34.0 Å². The standard InChI is InChI=1S/C23H28N6O3/c24-23-22(29(31)32)18(12-21(26-23)27-10-4-7-17(30)13-27)15-8-9-20-19(11-15)25-14-28(20)16-5-2-1-3-6-16/h8-9,11-12,14,16-17,30H,1-7,10,13H2,(H2,24,26). The molecule has 3 N–H and O–H groups in total. The fraction of sp³-hybridized carbons (Fsp3) is 0.478. The third-order valence-corrected chi connectivity index (χ3v) is 6.76. The second-order valence-electron chi connectivity index (χ2n) is 8.91. The van der Waals surface area contributed by atoms with Crippen molar-refractivity contribution in [3.8, 4) is 11.1 Å². The topological polar surface area (TPSA) is 123 Å². The lowest BCUT2D eigenvalue weighted by molar-refractivity contribution is -0.383. The van der Waals surface area contributed by atoms with E-state index in [9.17, 15) is 15.2 Å². The molecule has 1 aromatic carbocycles. The van der Waals surface area contributed by atoms with Gasteiger partial charge in [0.2, 0.25) is 5.82 Å². The fourth-order valence-corrected chi connectivity index (χ4v) is 5.13. The maximum Gasteiger partial charge on any atom is 0.319 e. The Balaban J connectivity index is 1.57. The summed E-state index contributed by atoms with van der Waals surface area (Å²) in [4.78, 5) is 22.2. The molecule has 0 spiro atoms. The summed E-state index contributed by atoms with van der Waals surface area (Å²) in [5, 5.41) is 21.9. The van der Waals surface area contributed by atoms with Crippen molar-refractivity contribution in [2.24, 2.45) is 0 Å². The smallest absolute Gasteiger partial charge is 0.319 e. The Labute approximate surface area is 186 Å². The lowest BCUT2D eigenvalue weighted by atomic mass is 9.95. The van der Waals surface area contributed by atoms with Crippen LogP contribution in [0.15, 0.2) is 30.6 Å². The minimum atomic E-state index is -0.475. The number of fused-ring (bicyclic) bond motifs is 1. The molecule has 168 valence electrons. The maximum absolute atomic E-state index is 11.8. The molecular formula is C23H28N6O3. The number of β-amino-alcohol motifs (C(OH)–C–C–N with tert-alkyl or cyclic N) is 1. The molecule has 2 fully saturated rings. The number of aliphatic hydroxyl groups excluding tert-OH is 1. The first-order valence-corrected chi connectivity index (χ1v) is 11.4. The number of rotatable bonds is 4. The van der Waals surface area contributed by atoms with E-state index < -0.39 is 11.0 Å². The van der Waals surface area contributed by atoms with Crippen LogP contribution in [0.1, 0.15) is 51.0 Å². The first-order valence-electron chi connectivity index (χ1n) is 11.4. The van der Waals surface area contributed by atoms with Crippen LogP contribution in [0.4, 0.5) is 17.3 Å². The number of anilines is 2. The van der Waals surface area contributed by atoms with Crippen molar-refractivity contribution >= 4 is 28.4 Å². The van der Waals surface area contributed by atoms with Crippen molar-refractivity contribution in [3.05, 3.63) is 40.7 Å². The molecule has 5 rings (SSSR count). The summed E-state index contributed by atoms with van der Waals surface area (Å²) in [6.07, 6.45) is 9.10. The van der Waals surface area contributed by atoms with Crippen LogP contribution in [0, 0.1) is 10.1 Å². The summed E-state index contributed by atoms with van der Waals surface area (Å²) >= 11 is 0. The highest BCUT2D eigenvalue weighted by Gasteiger charge is 2.27. The summed E-state index contributed by atoms with van der Waals surface area (Å²) in [7, 11) is 0. The zero-order valence-electron chi connectivity index (χ0n) is 18.0. The number of pyridine rings is 1. The van der Waals surface area contributed by atoms with Gasteiger partial charge < -0.3 is 20.3 Å². The molecule has 1 aliphatic carbocycles. The zero-order chi connectivity index (χ0) is 22.2. The minimum Gasteiger partial charge on any atom is -0.391 e. The monoisotopic (exact) mass is 436 g/mol. The van der Waals surface area contributed by atoms with Crippen molar-refractivity contribution in [2.45, 2.75) is 57.1 Å². The predicted molar refractivity (Wildman–Crippen MR) is 124 cm³/mol. The molecule has 1 unspecified atom stereocenters. The van der Waals surface area contributed by atoms with Gasteiger partial charge in [0.25, 0.3) is 0 Å². The van der Waals surface area contributed by atoms with E-state index in [1.54, 1.807) is 6.07 Å². The van der Waals surface area contributed by atoms with E-state index in [2.05, 4.69) is 14.5 Å². The molecular weight excluding hydrogens is 408 g/mol. The molecule has 1 saturated heterocycles. The molecule has 32 heavy (non-hydrogen) atoms. The highest BCUT2D eigenvalue weighted by molar-refractivity contribution is 5.88. The molecule has 1 atom stereocenters. The average Bonchev–Trinajstić information content (AvgIpc) is 3.22. The van der Waals surface area contributed by atoms with Gasteiger partial charge in [-0.3, -0.25) is 10.1 Å². The molecule has 0 amide bonds. The van der Waals surface area contributed by atoms with Crippen LogP contribution in [-0.2, 0) is 0 Å². The largest absolute Gasteiger partial charge is 0.391 e. The molecule has 1 saturated carbocycles. The van der Waals surface area contributed by atoms with Gasteiger partial charge >= 0.3 is 5.69 Å². The second-order valence-corrected chi connectivity index (χ2v) is 8.91. The Morgan fingerprint density at radius 2 is 1.94 bits per heavy atom. The van der Waals surface area contributed by atoms with Gasteiger partial charge in [-0.05, 0) is 49.4 Å². The van der Waals surface area contributed by atoms with Gasteiger partial charge in [0.1, 0.15) is 5.82 Å². The lowest BCUT2D eigenvalue weighted by Crippen LogP contribution is -2.38. The molecule has 9 heteroatoms. The van der Waals surface area contributed by atoms with Crippen molar-refractivity contribution in [3.63, 3.8) is 0 Å². The Morgan fingerprint density at radius 3 is 2.69 bits per heavy atom. The van der Waals surface area contributed by atoms with Crippen LogP contribution in [0.25, 0.3) is 22.2 Å². The van der Waals surface area contributed by atoms with Crippen LogP contribution in [0.3, 0.4) is 0 Å². The number of nitro groups is 1. The number of hydrogen-bond acceptors (Lipinski definition) is 7. The molecule has 3 heterocycles. The number of aliphatic hydroxyl groups is 1. The second kappa shape index (κ2) is 8.38. The highest BCUT2D eigenvalue weighted by atomic mass is 16.6. The fourth-order valence-electron chi connectivity index (χ4n) is 5.13. The van der Waals surface area contributed by atoms with Gasteiger partial charge in [-0.15, -0.1) is 0 Å². The van der Waals surface area contributed by atoms with E-state index in [1.807, 2.05) is 29.4 Å². The maximum atomic E-state index is 11.8. The number of imidazole rings is 1. The molecule has 3 aromatic rings. The molecule has 0 bridgehead atoms. The predicted octanol–water partition coefficient (Wildman–Crippen LogP) is 4.06. The summed E-state index contributed by atoms with van der Waals surface area (Å²) in [6.45, 7) is 1.17. The van der Waals surface area contributed by atoms with E-state index in [0.717, 1.165) is 43.3 Å². The van der Waals surface area contributed by atoms with Crippen molar-refractivity contribution < 1.29 is 10.0 Å². The highest BCUT2D eigenvalue weighted by Crippen LogP contribution is 2.39. The van der Waals surface area contributed by atoms with Gasteiger partial charge in [0.15, 0.2) is 0 Å². The third-order valence-electron chi connectivity index (χ3n) is 6.76. The van der Waals surface area contributed by atoms with E-state index in [-0.39, 0.29) is 11.5 Å². The number of aromatic nitrogens is 3.